The molecule has 2 amide bonds. The van der Waals surface area contributed by atoms with Crippen LogP contribution in [0.1, 0.15) is 55.2 Å². The van der Waals surface area contributed by atoms with Gasteiger partial charge >= 0.3 is 0 Å². The summed E-state index contributed by atoms with van der Waals surface area (Å²) in [5.41, 5.74) is 0.109. The highest BCUT2D eigenvalue weighted by Crippen LogP contribution is 2.27. The minimum Gasteiger partial charge on any atom is -0.492 e. The molecule has 1 aliphatic heterocycles. The predicted molar refractivity (Wildman–Crippen MR) is 133 cm³/mol. The monoisotopic (exact) mass is 501 g/mol. The summed E-state index contributed by atoms with van der Waals surface area (Å²) in [5.74, 6) is -1.34. The number of aromatic hydroxyl groups is 1. The van der Waals surface area contributed by atoms with Gasteiger partial charge in [0.1, 0.15) is 5.65 Å². The second kappa shape index (κ2) is 10.1. The van der Waals surface area contributed by atoms with Crippen molar-refractivity contribution in [2.45, 2.75) is 59.2 Å². The number of hydrogen-bond donors (Lipinski definition) is 2. The average Bonchev–Trinajstić information content (AvgIpc) is 3.55. The minimum atomic E-state index is -0.610. The van der Waals surface area contributed by atoms with Crippen LogP contribution in [0.3, 0.4) is 0 Å². The van der Waals surface area contributed by atoms with Gasteiger partial charge in [-0.05, 0) is 31.3 Å². The lowest BCUT2D eigenvalue weighted by molar-refractivity contribution is -0.136. The van der Waals surface area contributed by atoms with E-state index in [0.29, 0.717) is 43.3 Å². The van der Waals surface area contributed by atoms with Crippen molar-refractivity contribution in [3.63, 3.8) is 0 Å². The number of morpholine rings is 1. The van der Waals surface area contributed by atoms with Crippen molar-refractivity contribution in [2.75, 3.05) is 33.5 Å². The van der Waals surface area contributed by atoms with Crippen molar-refractivity contribution >= 4 is 23.5 Å². The second-order valence-electron chi connectivity index (χ2n) is 10.7. The largest absolute Gasteiger partial charge is 0.492 e. The van der Waals surface area contributed by atoms with Gasteiger partial charge in [-0.1, -0.05) is 20.8 Å². The molecule has 0 bridgehead atoms. The maximum absolute atomic E-state index is 13.6. The fourth-order valence-electron chi connectivity index (χ4n) is 4.39. The van der Waals surface area contributed by atoms with Gasteiger partial charge in [0.2, 0.25) is 11.8 Å². The first-order valence-corrected chi connectivity index (χ1v) is 12.2. The number of aromatic nitrogens is 3. The SMILES string of the molecule is COC[C@H]1COCCN1C(=O)/C=C/c1c(C)nn2c(O)c(C(=O)NC3CC3)c(=O)n(CC(C)(C)C)c12. The Morgan fingerprint density at radius 3 is 2.67 bits per heavy atom. The Bertz CT molecular complexity index is 1250. The van der Waals surface area contributed by atoms with Crippen molar-refractivity contribution in [1.29, 1.82) is 0 Å². The van der Waals surface area contributed by atoms with Crippen LogP contribution < -0.4 is 10.9 Å². The fraction of sp³-hybridized carbons (Fsp3) is 0.600. The third-order valence-corrected chi connectivity index (χ3v) is 6.25. The smallest absolute Gasteiger partial charge is 0.270 e. The molecule has 2 aromatic rings. The number of nitrogens with zero attached hydrogens (tertiary/aromatic N) is 4. The third-order valence-electron chi connectivity index (χ3n) is 6.25. The number of nitrogens with one attached hydrogen (secondary N) is 1. The van der Waals surface area contributed by atoms with Crippen LogP contribution >= 0.6 is 0 Å². The van der Waals surface area contributed by atoms with E-state index in [0.717, 1.165) is 12.8 Å². The van der Waals surface area contributed by atoms with Crippen LogP contribution in [0.5, 0.6) is 5.88 Å². The third kappa shape index (κ3) is 5.31. The number of carbonyl (C=O) groups excluding carboxylic acids is 2. The quantitative estimate of drug-likeness (QED) is 0.548. The molecule has 1 aliphatic carbocycles. The molecule has 0 radical (unpaired) electrons. The van der Waals surface area contributed by atoms with E-state index in [-0.39, 0.29) is 35.5 Å². The van der Waals surface area contributed by atoms with Gasteiger partial charge in [-0.2, -0.15) is 9.61 Å². The number of aryl methyl sites for hydroxylation is 1. The average molecular weight is 502 g/mol. The summed E-state index contributed by atoms with van der Waals surface area (Å²) in [7, 11) is 1.58. The molecule has 36 heavy (non-hydrogen) atoms. The Kier molecular flexibility index (Phi) is 7.24. The lowest BCUT2D eigenvalue weighted by atomic mass is 9.96. The van der Waals surface area contributed by atoms with Crippen LogP contribution in [0, 0.1) is 12.3 Å². The summed E-state index contributed by atoms with van der Waals surface area (Å²) in [6, 6.07) is -0.171. The number of ether oxygens (including phenoxy) is 2. The lowest BCUT2D eigenvalue weighted by Gasteiger charge is -2.34. The molecule has 3 heterocycles. The summed E-state index contributed by atoms with van der Waals surface area (Å²) in [6.45, 7) is 9.58. The van der Waals surface area contributed by atoms with Crippen LogP contribution in [0.25, 0.3) is 11.7 Å². The van der Waals surface area contributed by atoms with Crippen molar-refractivity contribution in [2.24, 2.45) is 5.41 Å². The maximum atomic E-state index is 13.6. The van der Waals surface area contributed by atoms with E-state index in [4.69, 9.17) is 9.47 Å². The van der Waals surface area contributed by atoms with Crippen LogP contribution in [0.4, 0.5) is 0 Å². The number of hydrogen-bond acceptors (Lipinski definition) is 7. The molecule has 1 atom stereocenters. The molecule has 11 heteroatoms. The van der Waals surface area contributed by atoms with Crippen LogP contribution in [0.15, 0.2) is 10.9 Å². The molecular formula is C25H35N5O6. The maximum Gasteiger partial charge on any atom is 0.270 e. The standard InChI is InChI=1S/C25H35N5O6/c1-15-18(8-9-19(31)28-10-11-36-13-17(28)12-35-5)22-29(14-25(2,3)4)23(33)20(24(34)30(22)27-15)21(32)26-16-6-7-16/h8-9,16-17,34H,6-7,10-14H2,1-5H3,(H,26,32)/b9-8+/t17-/m0/s1. The van der Waals surface area contributed by atoms with Gasteiger partial charge in [-0.25, -0.2) is 0 Å². The summed E-state index contributed by atoms with van der Waals surface area (Å²) >= 11 is 0. The van der Waals surface area contributed by atoms with Gasteiger partial charge < -0.3 is 24.8 Å². The summed E-state index contributed by atoms with van der Waals surface area (Å²) in [5, 5.41) is 18.2. The van der Waals surface area contributed by atoms with E-state index in [9.17, 15) is 19.5 Å². The molecule has 1 saturated carbocycles. The minimum absolute atomic E-state index is 0.0223. The van der Waals surface area contributed by atoms with Gasteiger partial charge in [0.25, 0.3) is 11.5 Å². The Morgan fingerprint density at radius 1 is 1.31 bits per heavy atom. The fourth-order valence-corrected chi connectivity index (χ4v) is 4.39. The first-order valence-electron chi connectivity index (χ1n) is 12.2. The van der Waals surface area contributed by atoms with E-state index in [2.05, 4.69) is 10.4 Å². The molecule has 0 spiro atoms. The normalized spacial score (nSPS) is 18.8. The molecule has 11 nitrogen and oxygen atoms in total. The zero-order valence-corrected chi connectivity index (χ0v) is 21.5. The van der Waals surface area contributed by atoms with Crippen molar-refractivity contribution in [3.8, 4) is 5.88 Å². The molecule has 196 valence electrons. The first-order chi connectivity index (χ1) is 17.0. The van der Waals surface area contributed by atoms with E-state index in [1.54, 1.807) is 25.0 Å². The summed E-state index contributed by atoms with van der Waals surface area (Å²) in [4.78, 5) is 41.2. The molecular weight excluding hydrogens is 466 g/mol. The number of methoxy groups -OCH3 is 1. The topological polar surface area (TPSA) is 127 Å². The molecule has 2 N–H and O–H groups in total. The Morgan fingerprint density at radius 2 is 2.03 bits per heavy atom. The molecule has 2 aromatic heterocycles. The Labute approximate surface area is 209 Å². The molecule has 0 aromatic carbocycles. The van der Waals surface area contributed by atoms with E-state index >= 15 is 0 Å². The number of amides is 2. The van der Waals surface area contributed by atoms with Gasteiger partial charge in [0.15, 0.2) is 5.56 Å². The molecule has 1 saturated heterocycles. The van der Waals surface area contributed by atoms with Crippen LogP contribution in [0.2, 0.25) is 0 Å². The van der Waals surface area contributed by atoms with Gasteiger partial charge in [-0.3, -0.25) is 19.0 Å². The lowest BCUT2D eigenvalue weighted by Crippen LogP contribution is -2.50. The van der Waals surface area contributed by atoms with Crippen molar-refractivity contribution in [3.05, 3.63) is 33.3 Å². The molecule has 0 unspecified atom stereocenters. The van der Waals surface area contributed by atoms with E-state index < -0.39 is 17.3 Å². The van der Waals surface area contributed by atoms with Gasteiger partial charge in [0.05, 0.1) is 31.6 Å². The number of fused-ring (bicyclic) bond motifs is 1. The van der Waals surface area contributed by atoms with E-state index in [1.165, 1.54) is 15.2 Å². The predicted octanol–water partition coefficient (Wildman–Crippen LogP) is 1.34. The van der Waals surface area contributed by atoms with Crippen LogP contribution in [-0.2, 0) is 20.8 Å². The molecule has 2 aliphatic rings. The number of carbonyl (C=O) groups is 2. The van der Waals surface area contributed by atoms with Crippen LogP contribution in [-0.4, -0.2) is 81.6 Å². The number of rotatable bonds is 7. The highest BCUT2D eigenvalue weighted by atomic mass is 16.5. The van der Waals surface area contributed by atoms with Gasteiger partial charge in [-0.15, -0.1) is 0 Å². The van der Waals surface area contributed by atoms with Gasteiger partial charge in [0, 0.05) is 37.9 Å². The Balaban J connectivity index is 1.79. The van der Waals surface area contributed by atoms with Crippen molar-refractivity contribution in [1.82, 2.24) is 24.4 Å². The van der Waals surface area contributed by atoms with Crippen molar-refractivity contribution < 1.29 is 24.2 Å². The summed E-state index contributed by atoms with van der Waals surface area (Å²) in [6.07, 6.45) is 4.75. The Hall–Kier alpha value is -3.18. The highest BCUT2D eigenvalue weighted by molar-refractivity contribution is 5.97. The molecule has 4 rings (SSSR count). The summed E-state index contributed by atoms with van der Waals surface area (Å²) < 4.78 is 13.4. The first kappa shape index (κ1) is 25.9. The molecule has 2 fully saturated rings. The zero-order chi connectivity index (χ0) is 26.2. The zero-order valence-electron chi connectivity index (χ0n) is 21.5. The van der Waals surface area contributed by atoms with E-state index in [1.807, 2.05) is 20.8 Å². The highest BCUT2D eigenvalue weighted by Gasteiger charge is 2.31. The second-order valence-corrected chi connectivity index (χ2v) is 10.7.